The summed E-state index contributed by atoms with van der Waals surface area (Å²) in [6, 6.07) is 4.56. The van der Waals surface area contributed by atoms with Gasteiger partial charge in [0.2, 0.25) is 5.95 Å². The zero-order valence-corrected chi connectivity index (χ0v) is 15.4. The third-order valence-corrected chi connectivity index (χ3v) is 4.66. The van der Waals surface area contributed by atoms with Gasteiger partial charge in [-0.05, 0) is 24.1 Å². The first-order valence-electron chi connectivity index (χ1n) is 8.58. The standard InChI is InChI=1S/C19H15ClF3N5/c20-14-5-17-16(6-15(14)22)26-19(28(17)3-1-2-21)13-4-12(7-24-8-13)10-27-11-25-9-18(27)23/h4-9,11H,1-3,10H2. The van der Waals surface area contributed by atoms with Gasteiger partial charge in [-0.15, -0.1) is 0 Å². The molecule has 0 aliphatic carbocycles. The highest BCUT2D eigenvalue weighted by Crippen LogP contribution is 2.29. The van der Waals surface area contributed by atoms with Crippen molar-refractivity contribution in [3.05, 3.63) is 65.5 Å². The molecular weight excluding hydrogens is 391 g/mol. The molecule has 0 bridgehead atoms. The van der Waals surface area contributed by atoms with Crippen molar-refractivity contribution in [3.8, 4) is 11.4 Å². The number of hydrogen-bond donors (Lipinski definition) is 0. The summed E-state index contributed by atoms with van der Waals surface area (Å²) < 4.78 is 43.5. The third kappa shape index (κ3) is 3.47. The minimum Gasteiger partial charge on any atom is -0.324 e. The number of aryl methyl sites for hydroxylation is 1. The van der Waals surface area contributed by atoms with Gasteiger partial charge in [0, 0.05) is 30.6 Å². The number of aromatic nitrogens is 5. The van der Waals surface area contributed by atoms with Gasteiger partial charge in [0.1, 0.15) is 11.6 Å². The zero-order valence-electron chi connectivity index (χ0n) is 14.6. The molecule has 0 saturated heterocycles. The summed E-state index contributed by atoms with van der Waals surface area (Å²) in [6.07, 6.45) is 6.03. The molecule has 5 nitrogen and oxygen atoms in total. The highest BCUT2D eigenvalue weighted by atomic mass is 35.5. The van der Waals surface area contributed by atoms with Crippen LogP contribution in [0.15, 0.2) is 43.1 Å². The largest absolute Gasteiger partial charge is 0.324 e. The van der Waals surface area contributed by atoms with E-state index in [1.807, 2.05) is 6.07 Å². The molecule has 0 N–H and O–H groups in total. The Bertz CT molecular complexity index is 1140. The van der Waals surface area contributed by atoms with Gasteiger partial charge >= 0.3 is 0 Å². The van der Waals surface area contributed by atoms with E-state index in [9.17, 15) is 13.2 Å². The molecule has 4 rings (SSSR count). The molecule has 0 aliphatic rings. The van der Waals surface area contributed by atoms with E-state index >= 15 is 0 Å². The van der Waals surface area contributed by atoms with Crippen LogP contribution < -0.4 is 0 Å². The minimum absolute atomic E-state index is 0.0251. The first-order valence-corrected chi connectivity index (χ1v) is 8.96. The predicted octanol–water partition coefficient (Wildman–Crippen LogP) is 4.63. The summed E-state index contributed by atoms with van der Waals surface area (Å²) in [6.45, 7) is 0.106. The monoisotopic (exact) mass is 405 g/mol. The molecule has 9 heteroatoms. The first kappa shape index (κ1) is 18.5. The van der Waals surface area contributed by atoms with Crippen LogP contribution in [0.5, 0.6) is 0 Å². The Kier molecular flexibility index (Phi) is 5.04. The number of nitrogens with zero attached hydrogens (tertiary/aromatic N) is 5. The number of halogens is 4. The average molecular weight is 406 g/mol. The maximum atomic E-state index is 13.9. The Morgan fingerprint density at radius 3 is 2.64 bits per heavy atom. The van der Waals surface area contributed by atoms with Gasteiger partial charge in [0.15, 0.2) is 0 Å². The number of benzene rings is 1. The molecule has 0 atom stereocenters. The second-order valence-corrected chi connectivity index (χ2v) is 6.72. The summed E-state index contributed by atoms with van der Waals surface area (Å²) in [4.78, 5) is 12.5. The van der Waals surface area contributed by atoms with E-state index in [1.54, 1.807) is 17.0 Å². The van der Waals surface area contributed by atoms with Crippen LogP contribution in [0.25, 0.3) is 22.4 Å². The highest BCUT2D eigenvalue weighted by Gasteiger charge is 2.16. The van der Waals surface area contributed by atoms with E-state index in [0.717, 1.165) is 11.8 Å². The molecule has 144 valence electrons. The summed E-state index contributed by atoms with van der Waals surface area (Å²) in [5, 5.41) is -0.0251. The SMILES string of the molecule is FCCCn1c(-c2cncc(Cn3cncc3F)c2)nc2cc(F)c(Cl)cc21. The van der Waals surface area contributed by atoms with Crippen LogP contribution in [-0.2, 0) is 13.1 Å². The summed E-state index contributed by atoms with van der Waals surface area (Å²) >= 11 is 5.92. The molecule has 4 aromatic rings. The highest BCUT2D eigenvalue weighted by molar-refractivity contribution is 6.31. The fraction of sp³-hybridized carbons (Fsp3) is 0.211. The third-order valence-electron chi connectivity index (χ3n) is 4.37. The second kappa shape index (κ2) is 7.63. The van der Waals surface area contributed by atoms with Crippen molar-refractivity contribution in [2.75, 3.05) is 6.67 Å². The zero-order chi connectivity index (χ0) is 19.7. The van der Waals surface area contributed by atoms with Crippen molar-refractivity contribution in [1.82, 2.24) is 24.1 Å². The van der Waals surface area contributed by atoms with Crippen LogP contribution in [-0.4, -0.2) is 30.8 Å². The quantitative estimate of drug-likeness (QED) is 0.469. The number of hydrogen-bond acceptors (Lipinski definition) is 3. The molecule has 0 saturated carbocycles. The summed E-state index contributed by atoms with van der Waals surface area (Å²) in [5.41, 5.74) is 2.43. The van der Waals surface area contributed by atoms with Crippen molar-refractivity contribution < 1.29 is 13.2 Å². The van der Waals surface area contributed by atoms with Crippen LogP contribution in [0.2, 0.25) is 5.02 Å². The molecule has 0 unspecified atom stereocenters. The number of pyridine rings is 1. The lowest BCUT2D eigenvalue weighted by Crippen LogP contribution is -2.04. The van der Waals surface area contributed by atoms with Gasteiger partial charge in [-0.25, -0.2) is 14.4 Å². The van der Waals surface area contributed by atoms with Crippen LogP contribution in [0.4, 0.5) is 13.2 Å². The molecule has 0 radical (unpaired) electrons. The van der Waals surface area contributed by atoms with Crippen molar-refractivity contribution in [1.29, 1.82) is 0 Å². The number of fused-ring (bicyclic) bond motifs is 1. The van der Waals surface area contributed by atoms with Crippen molar-refractivity contribution >= 4 is 22.6 Å². The Balaban J connectivity index is 1.79. The predicted molar refractivity (Wildman–Crippen MR) is 99.8 cm³/mol. The Labute approximate surface area is 163 Å². The molecule has 1 aromatic carbocycles. The van der Waals surface area contributed by atoms with E-state index in [-0.39, 0.29) is 18.0 Å². The Morgan fingerprint density at radius 2 is 1.89 bits per heavy atom. The normalized spacial score (nSPS) is 11.4. The topological polar surface area (TPSA) is 48.5 Å². The molecule has 0 fully saturated rings. The number of rotatable bonds is 6. The fourth-order valence-corrected chi connectivity index (χ4v) is 3.26. The number of imidazole rings is 2. The minimum atomic E-state index is -0.571. The van der Waals surface area contributed by atoms with E-state index in [0.29, 0.717) is 29.0 Å². The van der Waals surface area contributed by atoms with E-state index < -0.39 is 18.4 Å². The Morgan fingerprint density at radius 1 is 1.04 bits per heavy atom. The van der Waals surface area contributed by atoms with Gasteiger partial charge < -0.3 is 9.13 Å². The maximum absolute atomic E-state index is 13.9. The van der Waals surface area contributed by atoms with Gasteiger partial charge in [0.25, 0.3) is 0 Å². The fourth-order valence-electron chi connectivity index (χ4n) is 3.10. The van der Waals surface area contributed by atoms with Crippen molar-refractivity contribution in [2.45, 2.75) is 19.5 Å². The number of alkyl halides is 1. The van der Waals surface area contributed by atoms with E-state index in [4.69, 9.17) is 11.6 Å². The second-order valence-electron chi connectivity index (χ2n) is 6.31. The van der Waals surface area contributed by atoms with Crippen molar-refractivity contribution in [2.24, 2.45) is 0 Å². The summed E-state index contributed by atoms with van der Waals surface area (Å²) in [7, 11) is 0. The molecule has 0 spiro atoms. The molecule has 0 aliphatic heterocycles. The van der Waals surface area contributed by atoms with Crippen LogP contribution in [0.3, 0.4) is 0 Å². The Hall–Kier alpha value is -2.87. The van der Waals surface area contributed by atoms with Gasteiger partial charge in [-0.1, -0.05) is 11.6 Å². The van der Waals surface area contributed by atoms with Crippen LogP contribution >= 0.6 is 11.6 Å². The average Bonchev–Trinajstić information content (AvgIpc) is 3.24. The van der Waals surface area contributed by atoms with Crippen LogP contribution in [0, 0.1) is 11.8 Å². The van der Waals surface area contributed by atoms with Crippen molar-refractivity contribution in [3.63, 3.8) is 0 Å². The van der Waals surface area contributed by atoms with Gasteiger partial charge in [0.05, 0.1) is 41.8 Å². The smallest absolute Gasteiger partial charge is 0.213 e. The first-order chi connectivity index (χ1) is 13.6. The maximum Gasteiger partial charge on any atom is 0.213 e. The molecule has 3 aromatic heterocycles. The van der Waals surface area contributed by atoms with E-state index in [1.165, 1.54) is 23.0 Å². The van der Waals surface area contributed by atoms with Crippen LogP contribution in [0.1, 0.15) is 12.0 Å². The lowest BCUT2D eigenvalue weighted by Gasteiger charge is -2.10. The van der Waals surface area contributed by atoms with E-state index in [2.05, 4.69) is 15.0 Å². The molecular formula is C19H15ClF3N5. The lowest BCUT2D eigenvalue weighted by atomic mass is 10.2. The van der Waals surface area contributed by atoms with Gasteiger partial charge in [-0.2, -0.15) is 4.39 Å². The molecule has 28 heavy (non-hydrogen) atoms. The summed E-state index contributed by atoms with van der Waals surface area (Å²) in [5.74, 6) is -0.505. The molecule has 3 heterocycles. The van der Waals surface area contributed by atoms with Gasteiger partial charge in [-0.3, -0.25) is 9.37 Å². The molecule has 0 amide bonds. The lowest BCUT2D eigenvalue weighted by molar-refractivity contribution is 0.450.